The number of anilines is 1. The van der Waals surface area contributed by atoms with Gasteiger partial charge in [0.1, 0.15) is 12.4 Å². The van der Waals surface area contributed by atoms with E-state index in [1.165, 1.54) is 5.56 Å². The lowest BCUT2D eigenvalue weighted by molar-refractivity contribution is 0.223. The van der Waals surface area contributed by atoms with Crippen LogP contribution in [0.1, 0.15) is 25.0 Å². The van der Waals surface area contributed by atoms with Gasteiger partial charge in [-0.25, -0.2) is 4.99 Å². The predicted molar refractivity (Wildman–Crippen MR) is 110 cm³/mol. The highest BCUT2D eigenvalue weighted by atomic mass is 16.5. The molecule has 0 aliphatic carbocycles. The van der Waals surface area contributed by atoms with Crippen molar-refractivity contribution in [3.8, 4) is 5.75 Å². The Hall–Kier alpha value is -2.53. The Morgan fingerprint density at radius 3 is 2.50 bits per heavy atom. The van der Waals surface area contributed by atoms with Crippen molar-refractivity contribution in [2.45, 2.75) is 27.3 Å². The number of hydrogen-bond acceptors (Lipinski definition) is 3. The number of hydrogen-bond donors (Lipinski definition) is 2. The van der Waals surface area contributed by atoms with Gasteiger partial charge in [0, 0.05) is 12.2 Å². The maximum absolute atomic E-state index is 5.96. The molecule has 0 amide bonds. The molecule has 0 saturated carbocycles. The van der Waals surface area contributed by atoms with Gasteiger partial charge in [-0.2, -0.15) is 0 Å². The summed E-state index contributed by atoms with van der Waals surface area (Å²) in [5, 5.41) is 3.11. The fourth-order valence-electron chi connectivity index (χ4n) is 2.61. The fourth-order valence-corrected chi connectivity index (χ4v) is 2.61. The fraction of sp³-hybridized carbons (Fsp3) is 0.381. The van der Waals surface area contributed by atoms with Gasteiger partial charge in [0.2, 0.25) is 0 Å². The lowest BCUT2D eigenvalue weighted by atomic mass is 10.2. The zero-order valence-corrected chi connectivity index (χ0v) is 16.0. The summed E-state index contributed by atoms with van der Waals surface area (Å²) >= 11 is 0. The number of ether oxygens (including phenoxy) is 1. The molecule has 140 valence electrons. The number of rotatable bonds is 9. The summed E-state index contributed by atoms with van der Waals surface area (Å²) in [6.45, 7) is 10.7. The summed E-state index contributed by atoms with van der Waals surface area (Å²) in [6, 6.07) is 16.1. The van der Waals surface area contributed by atoms with Crippen LogP contribution in [-0.2, 0) is 6.54 Å². The lowest BCUT2D eigenvalue weighted by Gasteiger charge is -2.18. The molecule has 0 saturated heterocycles. The number of guanidine groups is 1. The van der Waals surface area contributed by atoms with Crippen LogP contribution < -0.4 is 15.8 Å². The Labute approximate surface area is 156 Å². The highest BCUT2D eigenvalue weighted by molar-refractivity contribution is 5.92. The second-order valence-electron chi connectivity index (χ2n) is 6.22. The molecule has 0 spiro atoms. The van der Waals surface area contributed by atoms with Crippen LogP contribution in [0, 0.1) is 6.92 Å². The molecule has 0 bridgehead atoms. The zero-order valence-electron chi connectivity index (χ0n) is 16.0. The van der Waals surface area contributed by atoms with Gasteiger partial charge in [-0.3, -0.25) is 0 Å². The zero-order chi connectivity index (χ0) is 18.8. The van der Waals surface area contributed by atoms with Crippen LogP contribution in [0.2, 0.25) is 0 Å². The summed E-state index contributed by atoms with van der Waals surface area (Å²) in [4.78, 5) is 6.73. The molecule has 0 radical (unpaired) electrons. The predicted octanol–water partition coefficient (Wildman–Crippen LogP) is 3.64. The molecule has 2 rings (SSSR count). The molecular formula is C21H30N4O. The molecular weight excluding hydrogens is 324 g/mol. The highest BCUT2D eigenvalue weighted by Crippen LogP contribution is 2.13. The van der Waals surface area contributed by atoms with E-state index < -0.39 is 0 Å². The normalized spacial score (nSPS) is 11.6. The number of nitrogens with zero attached hydrogens (tertiary/aromatic N) is 2. The van der Waals surface area contributed by atoms with Crippen molar-refractivity contribution in [2.24, 2.45) is 10.7 Å². The van der Waals surface area contributed by atoms with Crippen LogP contribution in [-0.4, -0.2) is 37.1 Å². The van der Waals surface area contributed by atoms with Gasteiger partial charge in [0.05, 0.1) is 6.54 Å². The van der Waals surface area contributed by atoms with Gasteiger partial charge in [0.15, 0.2) is 5.96 Å². The molecule has 2 aromatic carbocycles. The quantitative estimate of drug-likeness (QED) is 0.533. The summed E-state index contributed by atoms with van der Waals surface area (Å²) < 4.78 is 5.80. The van der Waals surface area contributed by atoms with Crippen molar-refractivity contribution in [1.29, 1.82) is 0 Å². The van der Waals surface area contributed by atoms with Crippen LogP contribution in [0.3, 0.4) is 0 Å². The second kappa shape index (κ2) is 10.5. The van der Waals surface area contributed by atoms with E-state index in [4.69, 9.17) is 10.5 Å². The van der Waals surface area contributed by atoms with Gasteiger partial charge in [-0.05, 0) is 55.4 Å². The number of benzene rings is 2. The summed E-state index contributed by atoms with van der Waals surface area (Å²) in [6.07, 6.45) is 0. The third-order valence-electron chi connectivity index (χ3n) is 4.22. The Bertz CT molecular complexity index is 693. The van der Waals surface area contributed by atoms with Gasteiger partial charge >= 0.3 is 0 Å². The van der Waals surface area contributed by atoms with Crippen molar-refractivity contribution in [2.75, 3.05) is 31.6 Å². The number of aliphatic imine (C=N–C) groups is 1. The number of nitrogens with two attached hydrogens (primary N) is 1. The Morgan fingerprint density at radius 2 is 1.85 bits per heavy atom. The maximum Gasteiger partial charge on any atom is 0.193 e. The van der Waals surface area contributed by atoms with E-state index in [1.54, 1.807) is 0 Å². The second-order valence-corrected chi connectivity index (χ2v) is 6.22. The monoisotopic (exact) mass is 354 g/mol. The van der Waals surface area contributed by atoms with Crippen LogP contribution in [0.15, 0.2) is 53.5 Å². The van der Waals surface area contributed by atoms with Gasteiger partial charge < -0.3 is 20.7 Å². The average Bonchev–Trinajstić information content (AvgIpc) is 2.64. The highest BCUT2D eigenvalue weighted by Gasteiger charge is 2.00. The van der Waals surface area contributed by atoms with Gasteiger partial charge in [-0.1, -0.05) is 38.1 Å². The molecule has 0 aliphatic heterocycles. The molecule has 26 heavy (non-hydrogen) atoms. The molecule has 0 fully saturated rings. The van der Waals surface area contributed by atoms with E-state index in [2.05, 4.69) is 29.1 Å². The Balaban J connectivity index is 1.80. The number of likely N-dealkylation sites (N-methyl/N-ethyl adjacent to an activating group) is 1. The molecule has 0 aromatic heterocycles. The molecule has 0 atom stereocenters. The van der Waals surface area contributed by atoms with E-state index in [1.807, 2.05) is 55.5 Å². The van der Waals surface area contributed by atoms with Crippen molar-refractivity contribution < 1.29 is 4.74 Å². The van der Waals surface area contributed by atoms with E-state index in [0.29, 0.717) is 19.1 Å². The van der Waals surface area contributed by atoms with E-state index in [-0.39, 0.29) is 0 Å². The Kier molecular flexibility index (Phi) is 7.96. The lowest BCUT2D eigenvalue weighted by Crippen LogP contribution is -2.27. The van der Waals surface area contributed by atoms with Crippen LogP contribution in [0.4, 0.5) is 5.69 Å². The van der Waals surface area contributed by atoms with Crippen LogP contribution in [0.25, 0.3) is 0 Å². The van der Waals surface area contributed by atoms with Crippen molar-refractivity contribution in [3.63, 3.8) is 0 Å². The molecule has 0 heterocycles. The van der Waals surface area contributed by atoms with E-state index in [9.17, 15) is 0 Å². The first kappa shape index (κ1) is 19.8. The molecule has 3 N–H and O–H groups in total. The molecule has 5 heteroatoms. The van der Waals surface area contributed by atoms with Gasteiger partial charge in [0.25, 0.3) is 0 Å². The van der Waals surface area contributed by atoms with E-state index >= 15 is 0 Å². The first-order valence-electron chi connectivity index (χ1n) is 9.18. The van der Waals surface area contributed by atoms with Crippen molar-refractivity contribution in [1.82, 2.24) is 4.90 Å². The minimum atomic E-state index is 0.412. The third-order valence-corrected chi connectivity index (χ3v) is 4.22. The first-order valence-corrected chi connectivity index (χ1v) is 9.18. The standard InChI is InChI=1S/C21H30N4O/c1-4-25(5-2)13-14-26-20-11-9-18(10-12-20)16-23-21(22)24-19-8-6-7-17(3)15-19/h6-12,15H,4-5,13-14,16H2,1-3H3,(H3,22,23,24). The minimum absolute atomic E-state index is 0.412. The molecule has 2 aromatic rings. The Morgan fingerprint density at radius 1 is 1.12 bits per heavy atom. The molecule has 0 aliphatic rings. The third kappa shape index (κ3) is 6.76. The smallest absolute Gasteiger partial charge is 0.193 e. The van der Waals surface area contributed by atoms with Gasteiger partial charge in [-0.15, -0.1) is 0 Å². The minimum Gasteiger partial charge on any atom is -0.492 e. The SMILES string of the molecule is CCN(CC)CCOc1ccc(CN=C(N)Nc2cccc(C)c2)cc1. The van der Waals surface area contributed by atoms with E-state index in [0.717, 1.165) is 36.6 Å². The maximum atomic E-state index is 5.96. The van der Waals surface area contributed by atoms with Crippen LogP contribution in [0.5, 0.6) is 5.75 Å². The average molecular weight is 354 g/mol. The van der Waals surface area contributed by atoms with Crippen molar-refractivity contribution >= 4 is 11.6 Å². The number of nitrogens with one attached hydrogen (secondary N) is 1. The number of aryl methyl sites for hydroxylation is 1. The topological polar surface area (TPSA) is 62.9 Å². The molecule has 0 unspecified atom stereocenters. The largest absolute Gasteiger partial charge is 0.492 e. The summed E-state index contributed by atoms with van der Waals surface area (Å²) in [5.41, 5.74) is 9.18. The van der Waals surface area contributed by atoms with Crippen molar-refractivity contribution in [3.05, 3.63) is 59.7 Å². The summed E-state index contributed by atoms with van der Waals surface area (Å²) in [7, 11) is 0. The van der Waals surface area contributed by atoms with Crippen LogP contribution >= 0.6 is 0 Å². The first-order chi connectivity index (χ1) is 12.6. The summed E-state index contributed by atoms with van der Waals surface area (Å²) in [5.74, 6) is 1.30. The molecule has 5 nitrogen and oxygen atoms in total.